The van der Waals surface area contributed by atoms with Gasteiger partial charge in [-0.05, 0) is 37.6 Å². The molecule has 1 heterocycles. The zero-order chi connectivity index (χ0) is 17.8. The predicted molar refractivity (Wildman–Crippen MR) is 101 cm³/mol. The summed E-state index contributed by atoms with van der Waals surface area (Å²) in [5, 5.41) is 4.10. The number of carbonyl (C=O) groups is 1. The summed E-state index contributed by atoms with van der Waals surface area (Å²) in [6.45, 7) is 4.57. The molecule has 0 saturated carbocycles. The van der Waals surface area contributed by atoms with Crippen molar-refractivity contribution < 1.29 is 9.53 Å². The molecule has 0 aliphatic heterocycles. The van der Waals surface area contributed by atoms with Crippen molar-refractivity contribution in [2.45, 2.75) is 26.4 Å². The van der Waals surface area contributed by atoms with Crippen molar-refractivity contribution in [2.75, 3.05) is 12.4 Å². The summed E-state index contributed by atoms with van der Waals surface area (Å²) in [5.74, 6) is 0.713. The van der Waals surface area contributed by atoms with Gasteiger partial charge in [-0.1, -0.05) is 24.3 Å². The summed E-state index contributed by atoms with van der Waals surface area (Å²) in [6.07, 6.45) is 1.97. The van der Waals surface area contributed by atoms with Gasteiger partial charge in [-0.2, -0.15) is 0 Å². The molecule has 0 aliphatic rings. The number of fused-ring (bicyclic) bond motifs is 1. The van der Waals surface area contributed by atoms with Crippen LogP contribution in [0.25, 0.3) is 10.9 Å². The first-order valence-corrected chi connectivity index (χ1v) is 8.35. The van der Waals surface area contributed by atoms with Crippen LogP contribution in [0, 0.1) is 0 Å². The number of ether oxygens (including phenoxy) is 1. The van der Waals surface area contributed by atoms with Gasteiger partial charge in [0.1, 0.15) is 5.75 Å². The van der Waals surface area contributed by atoms with E-state index in [0.717, 1.165) is 16.5 Å². The summed E-state index contributed by atoms with van der Waals surface area (Å²) < 4.78 is 5.21. The number of benzene rings is 2. The van der Waals surface area contributed by atoms with Gasteiger partial charge in [0.2, 0.25) is 0 Å². The Hall–Kier alpha value is -2.95. The predicted octanol–water partition coefficient (Wildman–Crippen LogP) is 4.62. The van der Waals surface area contributed by atoms with Gasteiger partial charge < -0.3 is 19.9 Å². The average Bonchev–Trinajstić information content (AvgIpc) is 3.02. The number of urea groups is 1. The second kappa shape index (κ2) is 7.30. The second-order valence-corrected chi connectivity index (χ2v) is 6.24. The number of aromatic nitrogens is 1. The van der Waals surface area contributed by atoms with Crippen molar-refractivity contribution in [2.24, 2.45) is 0 Å². The minimum Gasteiger partial charge on any atom is -0.497 e. The molecule has 2 amide bonds. The van der Waals surface area contributed by atoms with E-state index in [1.54, 1.807) is 7.11 Å². The summed E-state index contributed by atoms with van der Waals surface area (Å²) in [5.41, 5.74) is 2.90. The maximum absolute atomic E-state index is 12.8. The van der Waals surface area contributed by atoms with Crippen LogP contribution < -0.4 is 10.1 Å². The molecule has 2 N–H and O–H groups in total. The number of hydrogen-bond acceptors (Lipinski definition) is 2. The van der Waals surface area contributed by atoms with Crippen molar-refractivity contribution in [1.29, 1.82) is 0 Å². The lowest BCUT2D eigenvalue weighted by Gasteiger charge is -2.27. The number of H-pyrrole nitrogens is 1. The lowest BCUT2D eigenvalue weighted by Crippen LogP contribution is -2.39. The van der Waals surface area contributed by atoms with Gasteiger partial charge in [0.25, 0.3) is 0 Å². The van der Waals surface area contributed by atoms with E-state index in [2.05, 4.69) is 16.4 Å². The number of nitrogens with one attached hydrogen (secondary N) is 2. The molecular formula is C20H23N3O2. The van der Waals surface area contributed by atoms with Crippen molar-refractivity contribution in [1.82, 2.24) is 9.88 Å². The highest BCUT2D eigenvalue weighted by Gasteiger charge is 2.19. The molecule has 25 heavy (non-hydrogen) atoms. The molecule has 0 saturated heterocycles. The van der Waals surface area contributed by atoms with Crippen molar-refractivity contribution in [3.05, 3.63) is 60.3 Å². The van der Waals surface area contributed by atoms with Crippen LogP contribution in [-0.2, 0) is 6.54 Å². The Bertz CT molecular complexity index is 870. The van der Waals surface area contributed by atoms with E-state index in [1.165, 1.54) is 0 Å². The fourth-order valence-corrected chi connectivity index (χ4v) is 2.83. The van der Waals surface area contributed by atoms with Crippen LogP contribution in [0.5, 0.6) is 5.75 Å². The van der Waals surface area contributed by atoms with Gasteiger partial charge in [0.05, 0.1) is 7.11 Å². The molecule has 0 atom stereocenters. The molecule has 130 valence electrons. The molecule has 2 aromatic carbocycles. The maximum atomic E-state index is 12.8. The minimum absolute atomic E-state index is 0.0688. The Morgan fingerprint density at radius 2 is 2.00 bits per heavy atom. The quantitative estimate of drug-likeness (QED) is 0.714. The molecule has 0 unspecified atom stereocenters. The number of rotatable bonds is 5. The fourth-order valence-electron chi connectivity index (χ4n) is 2.83. The Morgan fingerprint density at radius 3 is 2.76 bits per heavy atom. The summed E-state index contributed by atoms with van der Waals surface area (Å²) in [4.78, 5) is 17.9. The Labute approximate surface area is 147 Å². The van der Waals surface area contributed by atoms with Gasteiger partial charge >= 0.3 is 6.03 Å². The fraction of sp³-hybridized carbons (Fsp3) is 0.250. The van der Waals surface area contributed by atoms with Crippen molar-refractivity contribution in [3.63, 3.8) is 0 Å². The Kier molecular flexibility index (Phi) is 4.93. The number of para-hydroxylation sites is 1. The van der Waals surface area contributed by atoms with Crippen LogP contribution in [0.4, 0.5) is 10.5 Å². The number of methoxy groups -OCH3 is 1. The van der Waals surface area contributed by atoms with Crippen LogP contribution in [0.3, 0.4) is 0 Å². The number of anilines is 1. The van der Waals surface area contributed by atoms with Crippen molar-refractivity contribution in [3.8, 4) is 5.75 Å². The molecule has 0 fully saturated rings. The van der Waals surface area contributed by atoms with E-state index in [9.17, 15) is 4.79 Å². The first-order valence-electron chi connectivity index (χ1n) is 8.35. The van der Waals surface area contributed by atoms with E-state index >= 15 is 0 Å². The highest BCUT2D eigenvalue weighted by atomic mass is 16.5. The van der Waals surface area contributed by atoms with Gasteiger partial charge in [-0.15, -0.1) is 0 Å². The monoisotopic (exact) mass is 337 g/mol. The van der Waals surface area contributed by atoms with Crippen LogP contribution in [0.2, 0.25) is 0 Å². The van der Waals surface area contributed by atoms with E-state index in [-0.39, 0.29) is 12.1 Å². The van der Waals surface area contributed by atoms with Gasteiger partial charge in [0, 0.05) is 41.4 Å². The number of amides is 2. The topological polar surface area (TPSA) is 57.4 Å². The van der Waals surface area contributed by atoms with E-state index < -0.39 is 0 Å². The molecule has 0 aliphatic carbocycles. The number of carbonyl (C=O) groups excluding carboxylic acids is 1. The van der Waals surface area contributed by atoms with Crippen LogP contribution in [0.15, 0.2) is 54.7 Å². The smallest absolute Gasteiger partial charge is 0.322 e. The van der Waals surface area contributed by atoms with Gasteiger partial charge in [-0.3, -0.25) is 0 Å². The standard InChI is InChI=1S/C20H23N3O2/c1-14(2)23(13-15-12-21-19-10-5-4-9-18(15)19)20(24)22-16-7-6-8-17(11-16)25-3/h4-12,14,21H,13H2,1-3H3,(H,22,24). The molecule has 5 nitrogen and oxygen atoms in total. The lowest BCUT2D eigenvalue weighted by molar-refractivity contribution is 0.194. The second-order valence-electron chi connectivity index (χ2n) is 6.24. The number of nitrogens with zero attached hydrogens (tertiary/aromatic N) is 1. The minimum atomic E-state index is -0.131. The van der Waals surface area contributed by atoms with Crippen molar-refractivity contribution >= 4 is 22.6 Å². The van der Waals surface area contributed by atoms with Crippen LogP contribution in [-0.4, -0.2) is 29.1 Å². The van der Waals surface area contributed by atoms with Gasteiger partial charge in [0.15, 0.2) is 0 Å². The number of hydrogen-bond donors (Lipinski definition) is 2. The molecule has 0 spiro atoms. The van der Waals surface area contributed by atoms with E-state index in [4.69, 9.17) is 4.74 Å². The molecule has 3 rings (SSSR count). The summed E-state index contributed by atoms with van der Waals surface area (Å²) >= 11 is 0. The van der Waals surface area contributed by atoms with E-state index in [0.29, 0.717) is 18.0 Å². The SMILES string of the molecule is COc1cccc(NC(=O)N(Cc2c[nH]c3ccccc23)C(C)C)c1. The van der Waals surface area contributed by atoms with Crippen LogP contribution in [0.1, 0.15) is 19.4 Å². The summed E-state index contributed by atoms with van der Waals surface area (Å²) in [6, 6.07) is 15.4. The van der Waals surface area contributed by atoms with Crippen LogP contribution >= 0.6 is 0 Å². The number of aromatic amines is 1. The molecule has 0 radical (unpaired) electrons. The molecule has 5 heteroatoms. The largest absolute Gasteiger partial charge is 0.497 e. The van der Waals surface area contributed by atoms with E-state index in [1.807, 2.05) is 67.4 Å². The molecule has 1 aromatic heterocycles. The lowest BCUT2D eigenvalue weighted by atomic mass is 10.1. The first-order chi connectivity index (χ1) is 12.1. The Morgan fingerprint density at radius 1 is 1.20 bits per heavy atom. The third kappa shape index (κ3) is 3.76. The summed E-state index contributed by atoms with van der Waals surface area (Å²) in [7, 11) is 1.61. The zero-order valence-electron chi connectivity index (χ0n) is 14.7. The Balaban J connectivity index is 1.79. The zero-order valence-corrected chi connectivity index (χ0v) is 14.7. The normalized spacial score (nSPS) is 10.9. The third-order valence-corrected chi connectivity index (χ3v) is 4.22. The highest BCUT2D eigenvalue weighted by molar-refractivity contribution is 5.90. The molecule has 0 bridgehead atoms. The third-order valence-electron chi connectivity index (χ3n) is 4.22. The van der Waals surface area contributed by atoms with Gasteiger partial charge in [-0.25, -0.2) is 4.79 Å². The molecule has 3 aromatic rings. The highest BCUT2D eigenvalue weighted by Crippen LogP contribution is 2.22. The average molecular weight is 337 g/mol. The maximum Gasteiger partial charge on any atom is 0.322 e. The first kappa shape index (κ1) is 16.9. The molecular weight excluding hydrogens is 314 g/mol.